The fourth-order valence-electron chi connectivity index (χ4n) is 2.68. The molecule has 2 rings (SSSR count). The minimum atomic E-state index is 0.222. The molecule has 18 heavy (non-hydrogen) atoms. The molecule has 1 aromatic rings. The average molecular weight is 267 g/mol. The molecule has 1 saturated carbocycles. The fourth-order valence-corrected chi connectivity index (χ4v) is 2.68. The molecule has 0 saturated heterocycles. The van der Waals surface area contributed by atoms with Gasteiger partial charge in [-0.1, -0.05) is 56.9 Å². The smallest absolute Gasteiger partial charge is 0.208 e. The van der Waals surface area contributed by atoms with Crippen molar-refractivity contribution in [2.75, 3.05) is 0 Å². The third-order valence-corrected chi connectivity index (χ3v) is 3.59. The van der Waals surface area contributed by atoms with E-state index in [0.717, 1.165) is 5.92 Å². The largest absolute Gasteiger partial charge is 0.285 e. The zero-order valence-electron chi connectivity index (χ0n) is 11.2. The molecule has 0 spiro atoms. The quantitative estimate of drug-likeness (QED) is 0.549. The van der Waals surface area contributed by atoms with Gasteiger partial charge in [-0.25, -0.2) is 0 Å². The first-order valence-electron chi connectivity index (χ1n) is 6.94. The summed E-state index contributed by atoms with van der Waals surface area (Å²) in [5.74, 6) is 1.08. The van der Waals surface area contributed by atoms with Gasteiger partial charge in [0.15, 0.2) is 0 Å². The molecule has 1 fully saturated rings. The Kier molecular flexibility index (Phi) is 7.75. The molecule has 0 amide bonds. The second kappa shape index (κ2) is 9.16. The molecule has 0 heterocycles. The molecular weight excluding hydrogens is 244 g/mol. The zero-order chi connectivity index (χ0) is 13.2. The first-order valence-corrected chi connectivity index (χ1v) is 7.38. The maximum Gasteiger partial charge on any atom is 0.208 e. The van der Waals surface area contributed by atoms with Gasteiger partial charge in [0, 0.05) is 0 Å². The highest BCUT2D eigenvalue weighted by molar-refractivity contribution is 6.54. The summed E-state index contributed by atoms with van der Waals surface area (Å²) in [7, 11) is 0. The average Bonchev–Trinajstić information content (AvgIpc) is 2.42. The van der Waals surface area contributed by atoms with E-state index in [4.69, 9.17) is 4.79 Å². The monoisotopic (exact) mass is 266 g/mol. The summed E-state index contributed by atoms with van der Waals surface area (Å²) in [6, 6.07) is 9.38. The van der Waals surface area contributed by atoms with Crippen LogP contribution in [0.15, 0.2) is 24.3 Å². The van der Waals surface area contributed by atoms with E-state index < -0.39 is 0 Å². The number of carbonyl (C=O) groups is 1. The number of halogens is 1. The van der Waals surface area contributed by atoms with Crippen LogP contribution in [0.3, 0.4) is 0 Å². The predicted octanol–water partition coefficient (Wildman–Crippen LogP) is 5.10. The summed E-state index contributed by atoms with van der Waals surface area (Å²) in [4.78, 5) is 8.57. The van der Waals surface area contributed by atoms with Crippen LogP contribution >= 0.6 is 11.6 Å². The molecule has 0 aromatic heterocycles. The minimum Gasteiger partial charge on any atom is -0.285 e. The van der Waals surface area contributed by atoms with E-state index in [1.54, 1.807) is 5.56 Å². The summed E-state index contributed by atoms with van der Waals surface area (Å²) in [6.45, 7) is 2.25. The predicted molar refractivity (Wildman–Crippen MR) is 78.9 cm³/mol. The van der Waals surface area contributed by atoms with E-state index in [0.29, 0.717) is 0 Å². The lowest BCUT2D eigenvalue weighted by atomic mass is 9.84. The normalized spacial score (nSPS) is 15.7. The van der Waals surface area contributed by atoms with Gasteiger partial charge in [0.25, 0.3) is 0 Å². The molecule has 0 atom stereocenters. The van der Waals surface area contributed by atoms with Gasteiger partial charge in [-0.3, -0.25) is 4.79 Å². The minimum absolute atomic E-state index is 0.222. The van der Waals surface area contributed by atoms with Crippen molar-refractivity contribution >= 4 is 17.3 Å². The third-order valence-electron chi connectivity index (χ3n) is 3.59. The first kappa shape index (κ1) is 15.2. The summed E-state index contributed by atoms with van der Waals surface area (Å²) >= 11 is 4.32. The highest BCUT2D eigenvalue weighted by Crippen LogP contribution is 2.32. The molecule has 1 aliphatic rings. The van der Waals surface area contributed by atoms with Crippen molar-refractivity contribution in [1.82, 2.24) is 0 Å². The van der Waals surface area contributed by atoms with Gasteiger partial charge < -0.3 is 0 Å². The Morgan fingerprint density at radius 2 is 1.72 bits per heavy atom. The molecule has 0 N–H and O–H groups in total. The van der Waals surface area contributed by atoms with E-state index in [1.165, 1.54) is 50.5 Å². The summed E-state index contributed by atoms with van der Waals surface area (Å²) < 4.78 is 0. The van der Waals surface area contributed by atoms with Crippen LogP contribution in [0.1, 0.15) is 62.5 Å². The van der Waals surface area contributed by atoms with Crippen molar-refractivity contribution < 1.29 is 4.79 Å². The standard InChI is InChI=1S/C15H22.CHClO/c1-2-6-13-9-11-15(12-10-13)14-7-4-3-5-8-14;2-1-3/h9-12,14H,2-8H2,1H3;1H. The molecule has 0 radical (unpaired) electrons. The summed E-state index contributed by atoms with van der Waals surface area (Å²) in [5, 5.41) is 0. The van der Waals surface area contributed by atoms with Crippen molar-refractivity contribution in [2.24, 2.45) is 0 Å². The topological polar surface area (TPSA) is 17.1 Å². The second-order valence-corrected chi connectivity index (χ2v) is 5.09. The van der Waals surface area contributed by atoms with Gasteiger partial charge in [-0.05, 0) is 47.9 Å². The van der Waals surface area contributed by atoms with Crippen molar-refractivity contribution in [3.8, 4) is 0 Å². The van der Waals surface area contributed by atoms with Crippen molar-refractivity contribution in [2.45, 2.75) is 57.8 Å². The Labute approximate surface area is 116 Å². The SMILES string of the molecule is CCCc1ccc(C2CCCCC2)cc1.O=CCl. The summed E-state index contributed by atoms with van der Waals surface area (Å²) in [5.41, 5.74) is 3.08. The molecule has 100 valence electrons. The van der Waals surface area contributed by atoms with Gasteiger partial charge in [-0.2, -0.15) is 0 Å². The third kappa shape index (κ3) is 5.22. The van der Waals surface area contributed by atoms with Crippen molar-refractivity contribution in [3.63, 3.8) is 0 Å². The van der Waals surface area contributed by atoms with Gasteiger partial charge in [-0.15, -0.1) is 0 Å². The highest BCUT2D eigenvalue weighted by Gasteiger charge is 2.14. The van der Waals surface area contributed by atoms with E-state index in [2.05, 4.69) is 42.8 Å². The number of benzene rings is 1. The Morgan fingerprint density at radius 1 is 1.17 bits per heavy atom. The summed E-state index contributed by atoms with van der Waals surface area (Å²) in [6.07, 6.45) is 9.61. The Bertz CT molecular complexity index is 325. The van der Waals surface area contributed by atoms with Crippen LogP contribution in [0.25, 0.3) is 0 Å². The van der Waals surface area contributed by atoms with E-state index >= 15 is 0 Å². The molecule has 0 aliphatic heterocycles. The van der Waals surface area contributed by atoms with Gasteiger partial charge in [0.05, 0.1) is 0 Å². The van der Waals surface area contributed by atoms with Crippen LogP contribution in [0, 0.1) is 0 Å². The van der Waals surface area contributed by atoms with Crippen molar-refractivity contribution in [3.05, 3.63) is 35.4 Å². The van der Waals surface area contributed by atoms with E-state index in [9.17, 15) is 0 Å². The van der Waals surface area contributed by atoms with Gasteiger partial charge in [0.1, 0.15) is 0 Å². The van der Waals surface area contributed by atoms with Crippen molar-refractivity contribution in [1.29, 1.82) is 0 Å². The molecule has 1 nitrogen and oxygen atoms in total. The number of carbonyl (C=O) groups excluding carboxylic acids is 1. The number of hydrogen-bond donors (Lipinski definition) is 0. The first-order chi connectivity index (χ1) is 8.81. The Morgan fingerprint density at radius 3 is 2.22 bits per heavy atom. The number of rotatable bonds is 3. The van der Waals surface area contributed by atoms with Crippen LogP contribution in [0.2, 0.25) is 0 Å². The molecule has 2 heteroatoms. The van der Waals surface area contributed by atoms with Crippen LogP contribution in [0.5, 0.6) is 0 Å². The number of hydrogen-bond acceptors (Lipinski definition) is 1. The van der Waals surface area contributed by atoms with Crippen LogP contribution in [-0.4, -0.2) is 5.75 Å². The fraction of sp³-hybridized carbons (Fsp3) is 0.562. The van der Waals surface area contributed by atoms with Gasteiger partial charge >= 0.3 is 0 Å². The lowest BCUT2D eigenvalue weighted by molar-refractivity contribution is 0.443. The number of aryl methyl sites for hydroxylation is 1. The molecule has 1 aliphatic carbocycles. The van der Waals surface area contributed by atoms with Crippen LogP contribution < -0.4 is 0 Å². The maximum atomic E-state index is 8.57. The molecule has 1 aromatic carbocycles. The maximum absolute atomic E-state index is 8.57. The Balaban J connectivity index is 0.000000492. The lowest BCUT2D eigenvalue weighted by Crippen LogP contribution is -2.04. The zero-order valence-corrected chi connectivity index (χ0v) is 12.0. The Hall–Kier alpha value is -0.820. The van der Waals surface area contributed by atoms with Crippen LogP contribution in [0.4, 0.5) is 0 Å². The molecule has 0 bridgehead atoms. The second-order valence-electron chi connectivity index (χ2n) is 4.92. The van der Waals surface area contributed by atoms with E-state index in [-0.39, 0.29) is 5.75 Å². The highest BCUT2D eigenvalue weighted by atomic mass is 35.5. The van der Waals surface area contributed by atoms with E-state index in [1.807, 2.05) is 0 Å². The van der Waals surface area contributed by atoms with Gasteiger partial charge in [0.2, 0.25) is 5.75 Å². The molecule has 0 unspecified atom stereocenters. The molecular formula is C16H23ClO. The van der Waals surface area contributed by atoms with Crippen LogP contribution in [-0.2, 0) is 11.2 Å². The lowest BCUT2D eigenvalue weighted by Gasteiger charge is -2.22.